The zero-order chi connectivity index (χ0) is 55.0. The Morgan fingerprint density at radius 1 is 0.773 bits per heavy atom. The van der Waals surface area contributed by atoms with Crippen molar-refractivity contribution in [1.29, 1.82) is 0 Å². The van der Waals surface area contributed by atoms with Crippen LogP contribution < -0.4 is 30.3 Å². The third kappa shape index (κ3) is 16.1. The van der Waals surface area contributed by atoms with E-state index in [9.17, 15) is 28.8 Å². The van der Waals surface area contributed by atoms with Crippen molar-refractivity contribution in [3.05, 3.63) is 94.6 Å². The van der Waals surface area contributed by atoms with Crippen LogP contribution in [0.4, 0.5) is 26.9 Å². The van der Waals surface area contributed by atoms with Crippen molar-refractivity contribution in [2.24, 2.45) is 4.99 Å². The number of aldehydes is 2. The number of anilines is 2. The topological polar surface area (TPSA) is 248 Å². The van der Waals surface area contributed by atoms with Gasteiger partial charge in [-0.1, -0.05) is 18.2 Å². The van der Waals surface area contributed by atoms with Gasteiger partial charge in [0.15, 0.2) is 0 Å². The predicted octanol–water partition coefficient (Wildman–Crippen LogP) is 7.84. The average molecular weight is 1040 g/mol. The molecule has 0 unspecified atom stereocenters. The lowest BCUT2D eigenvalue weighted by Gasteiger charge is -2.27. The second kappa shape index (κ2) is 26.1. The van der Waals surface area contributed by atoms with Gasteiger partial charge in [0.2, 0.25) is 5.95 Å². The van der Waals surface area contributed by atoms with Gasteiger partial charge in [-0.25, -0.2) is 14.6 Å². The second-order valence-corrected chi connectivity index (χ2v) is 19.2. The molecule has 402 valence electrons. The summed E-state index contributed by atoms with van der Waals surface area (Å²) < 4.78 is 28.0. The molecule has 0 fully saturated rings. The first-order valence-corrected chi connectivity index (χ1v) is 24.6. The largest absolute Gasteiger partial charge is 0.494 e. The van der Waals surface area contributed by atoms with E-state index in [0.29, 0.717) is 88.6 Å². The minimum atomic E-state index is -0.751. The first-order chi connectivity index (χ1) is 35.6. The van der Waals surface area contributed by atoms with Crippen molar-refractivity contribution < 1.29 is 47.7 Å². The number of nitrogens with zero attached hydrogens (tertiary/aromatic N) is 9. The van der Waals surface area contributed by atoms with Crippen LogP contribution in [0, 0.1) is 13.8 Å². The quantitative estimate of drug-likeness (QED) is 0.0166. The van der Waals surface area contributed by atoms with Gasteiger partial charge in [0.25, 0.3) is 11.8 Å². The van der Waals surface area contributed by atoms with E-state index in [-0.39, 0.29) is 69.2 Å². The SMILES string of the molecule is C=Nc1cc(C=O)cc(OC)c1N(C/C=C/Cn1c(NC(=O)c2cc(C)nn2CC)nc2cc(C=O)cc(OC/C=C/CN(CCCNC(=O)OC(C)(C)C)C(=O)OC(C)(C)C)c21)CNC(=O)c1cc(C)nn1CC. The van der Waals surface area contributed by atoms with Crippen LogP contribution in [0.5, 0.6) is 11.5 Å². The van der Waals surface area contributed by atoms with Gasteiger partial charge >= 0.3 is 12.2 Å². The number of hydrogen-bond donors (Lipinski definition) is 3. The van der Waals surface area contributed by atoms with Crippen molar-refractivity contribution in [3.63, 3.8) is 0 Å². The number of rotatable bonds is 25. The van der Waals surface area contributed by atoms with Gasteiger partial charge in [0.1, 0.15) is 64.5 Å². The van der Waals surface area contributed by atoms with Crippen LogP contribution in [0.3, 0.4) is 0 Å². The summed E-state index contributed by atoms with van der Waals surface area (Å²) in [4.78, 5) is 89.5. The van der Waals surface area contributed by atoms with E-state index in [4.69, 9.17) is 23.9 Å². The van der Waals surface area contributed by atoms with Crippen molar-refractivity contribution in [2.75, 3.05) is 56.8 Å². The van der Waals surface area contributed by atoms with E-state index < -0.39 is 29.3 Å². The molecule has 0 aliphatic heterocycles. The first-order valence-electron chi connectivity index (χ1n) is 24.6. The minimum absolute atomic E-state index is 0.00112. The molecule has 22 nitrogen and oxygen atoms in total. The number of alkyl carbamates (subject to hydrolysis) is 1. The summed E-state index contributed by atoms with van der Waals surface area (Å²) in [6.45, 7) is 23.6. The number of carbonyl (C=O) groups is 6. The molecule has 5 aromatic rings. The minimum Gasteiger partial charge on any atom is -0.494 e. The van der Waals surface area contributed by atoms with Gasteiger partial charge in [0.05, 0.1) is 36.4 Å². The normalized spacial score (nSPS) is 11.7. The Morgan fingerprint density at radius 2 is 1.39 bits per heavy atom. The molecular weight excluding hydrogens is 965 g/mol. The van der Waals surface area contributed by atoms with Gasteiger partial charge in [0, 0.05) is 56.9 Å². The highest BCUT2D eigenvalue weighted by molar-refractivity contribution is 6.03. The Bertz CT molecular complexity index is 2920. The van der Waals surface area contributed by atoms with Gasteiger partial charge in [-0.05, 0) is 125 Å². The van der Waals surface area contributed by atoms with Crippen LogP contribution in [-0.4, -0.2) is 135 Å². The molecule has 0 spiro atoms. The number of allylic oxidation sites excluding steroid dienone is 1. The Labute approximate surface area is 437 Å². The molecule has 0 bridgehead atoms. The Kier molecular flexibility index (Phi) is 20.0. The number of aromatic nitrogens is 6. The summed E-state index contributed by atoms with van der Waals surface area (Å²) in [6.07, 6.45) is 7.82. The average Bonchev–Trinajstić information content (AvgIpc) is 4.05. The lowest BCUT2D eigenvalue weighted by Crippen LogP contribution is -2.39. The molecule has 5 rings (SSSR count). The predicted molar refractivity (Wildman–Crippen MR) is 286 cm³/mol. The van der Waals surface area contributed by atoms with Crippen molar-refractivity contribution in [2.45, 2.75) is 106 Å². The van der Waals surface area contributed by atoms with Crippen molar-refractivity contribution >= 4 is 71.6 Å². The highest BCUT2D eigenvalue weighted by Gasteiger charge is 2.25. The maximum atomic E-state index is 13.9. The number of aliphatic imine (C=N–C) groups is 1. The van der Waals surface area contributed by atoms with E-state index in [1.54, 1.807) is 123 Å². The van der Waals surface area contributed by atoms with Crippen LogP contribution in [0.2, 0.25) is 0 Å². The van der Waals surface area contributed by atoms with E-state index in [0.717, 1.165) is 0 Å². The zero-order valence-electron chi connectivity index (χ0n) is 44.8. The fourth-order valence-corrected chi connectivity index (χ4v) is 7.72. The summed E-state index contributed by atoms with van der Waals surface area (Å²) in [7, 11) is 1.46. The van der Waals surface area contributed by atoms with Crippen LogP contribution in [0.25, 0.3) is 11.0 Å². The van der Waals surface area contributed by atoms with Crippen LogP contribution in [0.1, 0.15) is 115 Å². The molecular formula is C53H70N12O10. The summed E-state index contributed by atoms with van der Waals surface area (Å²) in [5.41, 5.74) is 2.82. The number of carbonyl (C=O) groups excluding carboxylic acids is 6. The lowest BCUT2D eigenvalue weighted by molar-refractivity contribution is 0.0269. The van der Waals surface area contributed by atoms with E-state index in [1.165, 1.54) is 12.0 Å². The van der Waals surface area contributed by atoms with E-state index in [1.807, 2.05) is 26.0 Å². The molecule has 3 N–H and O–H groups in total. The highest BCUT2D eigenvalue weighted by Crippen LogP contribution is 2.39. The molecule has 75 heavy (non-hydrogen) atoms. The number of nitrogens with one attached hydrogen (secondary N) is 3. The third-order valence-electron chi connectivity index (χ3n) is 10.9. The van der Waals surface area contributed by atoms with E-state index in [2.05, 4.69) is 37.9 Å². The molecule has 0 aliphatic carbocycles. The third-order valence-corrected chi connectivity index (χ3v) is 10.9. The van der Waals surface area contributed by atoms with Gasteiger partial charge in [-0.2, -0.15) is 10.2 Å². The second-order valence-electron chi connectivity index (χ2n) is 19.2. The van der Waals surface area contributed by atoms with Crippen molar-refractivity contribution in [3.8, 4) is 11.5 Å². The molecule has 0 radical (unpaired) electrons. The zero-order valence-corrected chi connectivity index (χ0v) is 44.8. The monoisotopic (exact) mass is 1030 g/mol. The Balaban J connectivity index is 1.47. The number of aryl methyl sites for hydroxylation is 4. The number of benzene rings is 2. The summed E-state index contributed by atoms with van der Waals surface area (Å²) >= 11 is 0. The number of ether oxygens (including phenoxy) is 4. The first kappa shape index (κ1) is 57.6. The smallest absolute Gasteiger partial charge is 0.410 e. The highest BCUT2D eigenvalue weighted by atomic mass is 16.6. The lowest BCUT2D eigenvalue weighted by atomic mass is 10.1. The van der Waals surface area contributed by atoms with Crippen LogP contribution in [0.15, 0.2) is 65.7 Å². The molecule has 2 aromatic carbocycles. The maximum absolute atomic E-state index is 13.9. The van der Waals surface area contributed by atoms with Crippen LogP contribution >= 0.6 is 0 Å². The Morgan fingerprint density at radius 3 is 1.99 bits per heavy atom. The molecule has 3 heterocycles. The molecule has 0 saturated heterocycles. The fourth-order valence-electron chi connectivity index (χ4n) is 7.72. The van der Waals surface area contributed by atoms with Gasteiger partial charge < -0.3 is 43.9 Å². The molecule has 0 aliphatic rings. The molecule has 3 aromatic heterocycles. The summed E-state index contributed by atoms with van der Waals surface area (Å²) in [5.74, 6) is -0.0888. The Hall–Kier alpha value is -8.30. The molecule has 22 heteroatoms. The maximum Gasteiger partial charge on any atom is 0.410 e. The number of fused-ring (bicyclic) bond motifs is 1. The standard InChI is InChI=1S/C53H70N12O10/c1-13-64-41(26-35(3)59-64)47(68)56-34-62(45-39(54-11)28-37(32-66)30-43(45)72-12)22-15-16-24-63-46-40(57-49(63)58-48(69)42-27-36(4)60-65(42)14-2)29-38(33-67)31-44(46)73-25-18-17-21-61(51(71)75-53(8,9)10)23-19-20-55-50(70)74-52(5,6)7/h15-18,26-33H,11,13-14,19-25,34H2,1-10,12H3,(H,55,70)(H,56,68)(H,57,58,69)/b16-15+,18-17+. The number of methoxy groups -OCH3 is 1. The molecule has 0 saturated carbocycles. The van der Waals surface area contributed by atoms with Crippen molar-refractivity contribution in [1.82, 2.24) is 44.6 Å². The summed E-state index contributed by atoms with van der Waals surface area (Å²) in [6, 6.07) is 9.68. The molecule has 4 amide bonds. The molecule has 0 atom stereocenters. The fraction of sp³-hybridized carbons (Fsp3) is 0.434. The van der Waals surface area contributed by atoms with Crippen LogP contribution in [-0.2, 0) is 29.1 Å². The van der Waals surface area contributed by atoms with E-state index >= 15 is 0 Å². The number of imidazole rings is 1. The van der Waals surface area contributed by atoms with Gasteiger partial charge in [-0.15, -0.1) is 0 Å². The number of hydrogen-bond acceptors (Lipinski definition) is 15. The summed E-state index contributed by atoms with van der Waals surface area (Å²) in [5, 5.41) is 17.5. The number of amides is 4. The van der Waals surface area contributed by atoms with Gasteiger partial charge in [-0.3, -0.25) is 38.9 Å².